The molecule has 1 aromatic carbocycles. The van der Waals surface area contributed by atoms with Crippen LogP contribution in [0.3, 0.4) is 0 Å². The molecule has 296 valence electrons. The SMILES string of the molecule is CCCCCCCCCCCCOCCC[N+](CCCOCCCCCCCCCCCC)(CN1CCCCCCCCC1=O)c1ccccc1. The normalized spacial score (nSPS) is 14.7. The van der Waals surface area contributed by atoms with E-state index >= 15 is 0 Å². The highest BCUT2D eigenvalue weighted by atomic mass is 16.5. The summed E-state index contributed by atoms with van der Waals surface area (Å²) >= 11 is 0. The fraction of sp³-hybridized carbons (Fsp3) is 0.848. The molecule has 0 radical (unpaired) electrons. The molecule has 1 heterocycles. The molecule has 0 N–H and O–H groups in total. The van der Waals surface area contributed by atoms with Gasteiger partial charge in [0.25, 0.3) is 0 Å². The molecule has 1 aromatic rings. The fourth-order valence-electron chi connectivity index (χ4n) is 7.91. The minimum absolute atomic E-state index is 0.352. The number of rotatable bonds is 33. The van der Waals surface area contributed by atoms with E-state index in [0.29, 0.717) is 12.3 Å². The summed E-state index contributed by atoms with van der Waals surface area (Å²) in [6, 6.07) is 11.1. The Balaban J connectivity index is 1.86. The standard InChI is InChI=1S/C46H85N2O3/c1-3-5-7-9-11-13-15-19-23-30-40-50-42-32-38-48(45-34-26-25-27-35-45,44-47-37-29-22-18-17-21-28-36-46(47)49)39-33-43-51-41-31-24-20-16-14-12-10-8-6-4-2/h25-27,34-35H,3-24,28-33,36-44H2,1-2H3/q+1. The van der Waals surface area contributed by atoms with E-state index in [1.54, 1.807) is 0 Å². The van der Waals surface area contributed by atoms with Crippen LogP contribution in [0.5, 0.6) is 0 Å². The quantitative estimate of drug-likeness (QED) is 0.0538. The molecule has 0 spiro atoms. The first-order valence-electron chi connectivity index (χ1n) is 22.6. The molecule has 51 heavy (non-hydrogen) atoms. The number of hydrogen-bond donors (Lipinski definition) is 0. The maximum atomic E-state index is 13.6. The van der Waals surface area contributed by atoms with Crippen LogP contribution < -0.4 is 4.48 Å². The van der Waals surface area contributed by atoms with Crippen molar-refractivity contribution in [3.8, 4) is 0 Å². The summed E-state index contributed by atoms with van der Waals surface area (Å²) in [5.74, 6) is 0.352. The molecule has 2 rings (SSSR count). The minimum atomic E-state index is 0.352. The zero-order valence-electron chi connectivity index (χ0n) is 34.2. The summed E-state index contributed by atoms with van der Waals surface area (Å²) in [7, 11) is 0. The van der Waals surface area contributed by atoms with E-state index in [1.807, 2.05) is 0 Å². The van der Waals surface area contributed by atoms with Gasteiger partial charge in [-0.05, 0) is 37.8 Å². The van der Waals surface area contributed by atoms with Gasteiger partial charge in [0.1, 0.15) is 5.69 Å². The van der Waals surface area contributed by atoms with Gasteiger partial charge in [-0.15, -0.1) is 0 Å². The van der Waals surface area contributed by atoms with Crippen LogP contribution in [0.2, 0.25) is 0 Å². The van der Waals surface area contributed by atoms with E-state index in [0.717, 1.165) is 82.9 Å². The van der Waals surface area contributed by atoms with Gasteiger partial charge in [0.15, 0.2) is 6.67 Å². The average Bonchev–Trinajstić information content (AvgIpc) is 3.15. The topological polar surface area (TPSA) is 38.8 Å². The third-order valence-electron chi connectivity index (χ3n) is 11.2. The second kappa shape index (κ2) is 33.2. The predicted octanol–water partition coefficient (Wildman–Crippen LogP) is 13.2. The Morgan fingerprint density at radius 1 is 0.510 bits per heavy atom. The molecule has 0 aliphatic carbocycles. The van der Waals surface area contributed by atoms with Crippen LogP contribution in [0.25, 0.3) is 0 Å². The van der Waals surface area contributed by atoms with Gasteiger partial charge in [0.2, 0.25) is 5.91 Å². The second-order valence-corrected chi connectivity index (χ2v) is 15.9. The molecule has 1 aliphatic heterocycles. The summed E-state index contributed by atoms with van der Waals surface area (Å²) in [6.07, 6.45) is 36.9. The van der Waals surface area contributed by atoms with Gasteiger partial charge in [0.05, 0.1) is 26.3 Å². The van der Waals surface area contributed by atoms with E-state index < -0.39 is 0 Å². The van der Waals surface area contributed by atoms with Gasteiger partial charge in [-0.25, -0.2) is 0 Å². The molecule has 1 amide bonds. The highest BCUT2D eigenvalue weighted by molar-refractivity contribution is 5.76. The molecule has 1 fully saturated rings. The Morgan fingerprint density at radius 3 is 1.41 bits per heavy atom. The lowest BCUT2D eigenvalue weighted by Crippen LogP contribution is -2.58. The largest absolute Gasteiger partial charge is 0.381 e. The lowest BCUT2D eigenvalue weighted by molar-refractivity contribution is -0.133. The summed E-state index contributed by atoms with van der Waals surface area (Å²) in [5.41, 5.74) is 1.33. The zero-order chi connectivity index (χ0) is 36.3. The van der Waals surface area contributed by atoms with Gasteiger partial charge in [0, 0.05) is 39.0 Å². The first-order valence-corrected chi connectivity index (χ1v) is 22.6. The van der Waals surface area contributed by atoms with Crippen LogP contribution in [0.15, 0.2) is 30.3 Å². The fourth-order valence-corrected chi connectivity index (χ4v) is 7.91. The Morgan fingerprint density at radius 2 is 0.922 bits per heavy atom. The van der Waals surface area contributed by atoms with Crippen molar-refractivity contribution in [3.05, 3.63) is 30.3 Å². The van der Waals surface area contributed by atoms with E-state index in [4.69, 9.17) is 9.47 Å². The Bertz CT molecular complexity index is 862. The number of carbonyl (C=O) groups is 1. The molecule has 5 nitrogen and oxygen atoms in total. The van der Waals surface area contributed by atoms with Gasteiger partial charge in [-0.1, -0.05) is 173 Å². The number of unbranched alkanes of at least 4 members (excludes halogenated alkanes) is 18. The summed E-state index contributed by atoms with van der Waals surface area (Å²) in [4.78, 5) is 15.8. The lowest BCUT2D eigenvalue weighted by atomic mass is 10.1. The average molecular weight is 714 g/mol. The van der Waals surface area contributed by atoms with E-state index in [9.17, 15) is 4.79 Å². The Labute approximate surface area is 317 Å². The van der Waals surface area contributed by atoms with Crippen molar-refractivity contribution < 1.29 is 14.3 Å². The number of carbonyl (C=O) groups excluding carboxylic acids is 1. The Hall–Kier alpha value is -1.43. The van der Waals surface area contributed by atoms with Gasteiger partial charge < -0.3 is 9.47 Å². The highest BCUT2D eigenvalue weighted by Gasteiger charge is 2.34. The number of benzene rings is 1. The molecule has 0 atom stereocenters. The third kappa shape index (κ3) is 23.8. The van der Waals surface area contributed by atoms with Crippen molar-refractivity contribution in [1.82, 2.24) is 9.38 Å². The van der Waals surface area contributed by atoms with Crippen molar-refractivity contribution in [2.24, 2.45) is 0 Å². The molecular formula is C46H85N2O3+. The zero-order valence-corrected chi connectivity index (χ0v) is 34.2. The molecule has 0 aromatic heterocycles. The Kier molecular flexibility index (Phi) is 29.7. The van der Waals surface area contributed by atoms with Crippen LogP contribution in [-0.4, -0.2) is 63.5 Å². The molecule has 5 heteroatoms. The lowest BCUT2D eigenvalue weighted by Gasteiger charge is -2.42. The first kappa shape index (κ1) is 45.7. The van der Waals surface area contributed by atoms with E-state index in [-0.39, 0.29) is 0 Å². The number of ether oxygens (including phenoxy) is 2. The van der Waals surface area contributed by atoms with Gasteiger partial charge in [-0.2, -0.15) is 0 Å². The van der Waals surface area contributed by atoms with Crippen molar-refractivity contribution >= 4 is 11.6 Å². The smallest absolute Gasteiger partial charge is 0.226 e. The summed E-state index contributed by atoms with van der Waals surface area (Å²) in [5, 5.41) is 0. The van der Waals surface area contributed by atoms with Crippen molar-refractivity contribution in [1.29, 1.82) is 0 Å². The number of hydrogen-bond acceptors (Lipinski definition) is 3. The van der Waals surface area contributed by atoms with Crippen LogP contribution >= 0.6 is 0 Å². The predicted molar refractivity (Wildman–Crippen MR) is 221 cm³/mol. The molecule has 0 bridgehead atoms. The maximum Gasteiger partial charge on any atom is 0.226 e. The molecule has 0 saturated carbocycles. The molecule has 1 aliphatic rings. The molecular weight excluding hydrogens is 629 g/mol. The van der Waals surface area contributed by atoms with Crippen molar-refractivity contribution in [3.63, 3.8) is 0 Å². The maximum absolute atomic E-state index is 13.6. The van der Waals surface area contributed by atoms with Crippen LogP contribution in [-0.2, 0) is 14.3 Å². The van der Waals surface area contributed by atoms with Gasteiger partial charge >= 0.3 is 0 Å². The summed E-state index contributed by atoms with van der Waals surface area (Å²) < 4.78 is 13.3. The minimum Gasteiger partial charge on any atom is -0.381 e. The monoisotopic (exact) mass is 714 g/mol. The van der Waals surface area contributed by atoms with Crippen LogP contribution in [0, 0.1) is 0 Å². The third-order valence-corrected chi connectivity index (χ3v) is 11.2. The van der Waals surface area contributed by atoms with E-state index in [1.165, 1.54) is 160 Å². The molecule has 0 unspecified atom stereocenters. The number of para-hydroxylation sites is 1. The highest BCUT2D eigenvalue weighted by Crippen LogP contribution is 2.27. The second-order valence-electron chi connectivity index (χ2n) is 15.9. The number of quaternary nitrogens is 1. The number of amides is 1. The van der Waals surface area contributed by atoms with Crippen molar-refractivity contribution in [2.75, 3.05) is 52.7 Å². The van der Waals surface area contributed by atoms with E-state index in [2.05, 4.69) is 49.1 Å². The molecule has 1 saturated heterocycles. The van der Waals surface area contributed by atoms with Crippen LogP contribution in [0.1, 0.15) is 200 Å². The summed E-state index contributed by atoms with van der Waals surface area (Å²) in [6.45, 7) is 11.6. The van der Waals surface area contributed by atoms with Crippen LogP contribution in [0.4, 0.5) is 5.69 Å². The van der Waals surface area contributed by atoms with Gasteiger partial charge in [-0.3, -0.25) is 14.2 Å². The first-order chi connectivity index (χ1) is 25.2. The van der Waals surface area contributed by atoms with Crippen molar-refractivity contribution in [2.45, 2.75) is 200 Å². The number of nitrogens with zero attached hydrogens (tertiary/aromatic N) is 2.